The zero-order valence-corrected chi connectivity index (χ0v) is 16.8. The van der Waals surface area contributed by atoms with Crippen LogP contribution in [0.15, 0.2) is 53.4 Å². The van der Waals surface area contributed by atoms with Gasteiger partial charge in [-0.25, -0.2) is 17.6 Å². The third-order valence-corrected chi connectivity index (χ3v) is 6.91. The Morgan fingerprint density at radius 1 is 1.10 bits per heavy atom. The maximum atomic E-state index is 13.2. The highest BCUT2D eigenvalue weighted by Crippen LogP contribution is 2.25. The zero-order valence-electron chi connectivity index (χ0n) is 16.0. The molecule has 1 aliphatic rings. The number of ketones is 1. The van der Waals surface area contributed by atoms with Gasteiger partial charge in [-0.1, -0.05) is 24.6 Å². The number of piperidine rings is 1. The second-order valence-corrected chi connectivity index (χ2v) is 8.89. The van der Waals surface area contributed by atoms with E-state index in [0.717, 1.165) is 25.3 Å². The number of sulfonamides is 1. The van der Waals surface area contributed by atoms with Gasteiger partial charge in [-0.05, 0) is 50.1 Å². The summed E-state index contributed by atoms with van der Waals surface area (Å²) >= 11 is 0. The molecule has 0 bridgehead atoms. The maximum absolute atomic E-state index is 13.2. The molecule has 1 saturated heterocycles. The molecule has 0 amide bonds. The number of ether oxygens (including phenoxy) is 1. The molecule has 0 aromatic heterocycles. The lowest BCUT2D eigenvalue weighted by molar-refractivity contribution is 0.0474. The van der Waals surface area contributed by atoms with Gasteiger partial charge in [0.15, 0.2) is 12.4 Å². The number of Topliss-reactive ketones (excluding diaryl/α,β-unsaturated/α-hetero) is 1. The molecule has 154 valence electrons. The summed E-state index contributed by atoms with van der Waals surface area (Å²) in [5, 5.41) is 0. The van der Waals surface area contributed by atoms with Crippen LogP contribution in [0.2, 0.25) is 0 Å². The Kier molecular flexibility index (Phi) is 6.44. The molecule has 1 heterocycles. The van der Waals surface area contributed by atoms with Gasteiger partial charge >= 0.3 is 5.97 Å². The highest BCUT2D eigenvalue weighted by Gasteiger charge is 2.31. The highest BCUT2D eigenvalue weighted by molar-refractivity contribution is 7.89. The number of carbonyl (C=O) groups is 2. The lowest BCUT2D eigenvalue weighted by atomic mass is 10.1. The number of carbonyl (C=O) groups excluding carboxylic acids is 2. The largest absolute Gasteiger partial charge is 0.454 e. The summed E-state index contributed by atoms with van der Waals surface area (Å²) in [4.78, 5) is 24.4. The van der Waals surface area contributed by atoms with Crippen molar-refractivity contribution in [2.45, 2.75) is 37.1 Å². The third-order valence-electron chi connectivity index (χ3n) is 4.90. The van der Waals surface area contributed by atoms with E-state index >= 15 is 0 Å². The molecule has 1 aliphatic heterocycles. The summed E-state index contributed by atoms with van der Waals surface area (Å²) in [5.74, 6) is -1.94. The van der Waals surface area contributed by atoms with Gasteiger partial charge in [-0.3, -0.25) is 4.79 Å². The zero-order chi connectivity index (χ0) is 21.0. The van der Waals surface area contributed by atoms with Crippen molar-refractivity contribution in [1.29, 1.82) is 0 Å². The van der Waals surface area contributed by atoms with Crippen molar-refractivity contribution in [3.63, 3.8) is 0 Å². The first kappa shape index (κ1) is 21.1. The number of esters is 1. The van der Waals surface area contributed by atoms with Gasteiger partial charge in [0.1, 0.15) is 5.82 Å². The molecule has 29 heavy (non-hydrogen) atoms. The molecule has 8 heteroatoms. The Bertz CT molecular complexity index is 1020. The summed E-state index contributed by atoms with van der Waals surface area (Å²) in [6, 6.07) is 10.6. The summed E-state index contributed by atoms with van der Waals surface area (Å²) in [7, 11) is -3.73. The maximum Gasteiger partial charge on any atom is 0.338 e. The molecule has 3 rings (SSSR count). The number of rotatable bonds is 6. The van der Waals surface area contributed by atoms with E-state index in [-0.39, 0.29) is 22.1 Å². The van der Waals surface area contributed by atoms with Crippen LogP contribution < -0.4 is 0 Å². The molecule has 0 aliphatic carbocycles. The van der Waals surface area contributed by atoms with Crippen molar-refractivity contribution in [3.05, 3.63) is 65.5 Å². The van der Waals surface area contributed by atoms with Crippen LogP contribution in [0.5, 0.6) is 0 Å². The molecule has 0 spiro atoms. The van der Waals surface area contributed by atoms with Crippen molar-refractivity contribution in [3.8, 4) is 0 Å². The molecule has 0 unspecified atom stereocenters. The van der Waals surface area contributed by atoms with Crippen molar-refractivity contribution < 1.29 is 27.1 Å². The number of nitrogens with zero attached hydrogens (tertiary/aromatic N) is 1. The van der Waals surface area contributed by atoms with Gasteiger partial charge in [-0.15, -0.1) is 0 Å². The Hall–Kier alpha value is -2.58. The van der Waals surface area contributed by atoms with Gasteiger partial charge in [0, 0.05) is 18.2 Å². The van der Waals surface area contributed by atoms with Crippen molar-refractivity contribution >= 4 is 21.8 Å². The molecule has 1 atom stereocenters. The molecular formula is C21H22FNO5S. The normalized spacial score (nSPS) is 17.7. The van der Waals surface area contributed by atoms with Crippen molar-refractivity contribution in [1.82, 2.24) is 4.31 Å². The second-order valence-electron chi connectivity index (χ2n) is 7.00. The number of halogens is 1. The third kappa shape index (κ3) is 4.89. The number of benzene rings is 2. The Labute approximate surface area is 169 Å². The Balaban J connectivity index is 1.71. The first-order chi connectivity index (χ1) is 13.8. The summed E-state index contributed by atoms with van der Waals surface area (Å²) < 4.78 is 45.5. The van der Waals surface area contributed by atoms with E-state index in [1.807, 2.05) is 6.92 Å². The first-order valence-electron chi connectivity index (χ1n) is 9.37. The van der Waals surface area contributed by atoms with Crippen molar-refractivity contribution in [2.75, 3.05) is 13.2 Å². The van der Waals surface area contributed by atoms with Crippen LogP contribution in [0.25, 0.3) is 0 Å². The van der Waals surface area contributed by atoms with Gasteiger partial charge in [0.25, 0.3) is 0 Å². The fourth-order valence-electron chi connectivity index (χ4n) is 3.31. The van der Waals surface area contributed by atoms with Crippen LogP contribution in [-0.2, 0) is 14.8 Å². The summed E-state index contributed by atoms with van der Waals surface area (Å²) in [6.45, 7) is 1.75. The molecule has 2 aromatic carbocycles. The minimum absolute atomic E-state index is 0.0113. The van der Waals surface area contributed by atoms with E-state index < -0.39 is 34.2 Å². The van der Waals surface area contributed by atoms with Gasteiger partial charge in [0.05, 0.1) is 10.5 Å². The van der Waals surface area contributed by atoms with E-state index in [1.54, 1.807) is 0 Å². The van der Waals surface area contributed by atoms with Gasteiger partial charge < -0.3 is 4.74 Å². The van der Waals surface area contributed by atoms with Crippen LogP contribution in [0, 0.1) is 5.82 Å². The van der Waals surface area contributed by atoms with E-state index in [2.05, 4.69) is 0 Å². The topological polar surface area (TPSA) is 80.8 Å². The van der Waals surface area contributed by atoms with Crippen LogP contribution >= 0.6 is 0 Å². The Morgan fingerprint density at radius 3 is 2.55 bits per heavy atom. The van der Waals surface area contributed by atoms with E-state index in [0.29, 0.717) is 6.54 Å². The first-order valence-corrected chi connectivity index (χ1v) is 10.8. The lowest BCUT2D eigenvalue weighted by Crippen LogP contribution is -2.41. The van der Waals surface area contributed by atoms with Gasteiger partial charge in [-0.2, -0.15) is 4.31 Å². The minimum Gasteiger partial charge on any atom is -0.454 e. The fraction of sp³-hybridized carbons (Fsp3) is 0.333. The fourth-order valence-corrected chi connectivity index (χ4v) is 5.05. The summed E-state index contributed by atoms with van der Waals surface area (Å²) in [5.41, 5.74) is 0.121. The molecular weight excluding hydrogens is 397 g/mol. The quantitative estimate of drug-likeness (QED) is 0.529. The number of hydrogen-bond donors (Lipinski definition) is 0. The molecule has 6 nitrogen and oxygen atoms in total. The monoisotopic (exact) mass is 419 g/mol. The Morgan fingerprint density at radius 2 is 1.83 bits per heavy atom. The number of hydrogen-bond acceptors (Lipinski definition) is 5. The predicted octanol–water partition coefficient (Wildman–Crippen LogP) is 3.43. The molecule has 0 N–H and O–H groups in total. The smallest absolute Gasteiger partial charge is 0.338 e. The van der Waals surface area contributed by atoms with Crippen LogP contribution in [0.4, 0.5) is 4.39 Å². The molecule has 2 aromatic rings. The summed E-state index contributed by atoms with van der Waals surface area (Å²) in [6.07, 6.45) is 2.58. The lowest BCUT2D eigenvalue weighted by Gasteiger charge is -2.32. The average Bonchev–Trinajstić information content (AvgIpc) is 2.72. The minimum atomic E-state index is -3.73. The molecule has 1 fully saturated rings. The standard InChI is InChI=1S/C21H22FNO5S/c1-15-6-2-3-11-23(15)29(26,27)19-10-5-8-17(13-19)21(25)28-14-20(24)16-7-4-9-18(22)12-16/h4-5,7-10,12-13,15H,2-3,6,11,14H2,1H3/t15-/m1/s1. The van der Waals surface area contributed by atoms with Gasteiger partial charge in [0.2, 0.25) is 10.0 Å². The van der Waals surface area contributed by atoms with Crippen LogP contribution in [0.3, 0.4) is 0 Å². The second kappa shape index (κ2) is 8.84. The van der Waals surface area contributed by atoms with E-state index in [1.165, 1.54) is 46.8 Å². The van der Waals surface area contributed by atoms with Crippen LogP contribution in [-0.4, -0.2) is 43.7 Å². The van der Waals surface area contributed by atoms with Crippen molar-refractivity contribution in [2.24, 2.45) is 0 Å². The van der Waals surface area contributed by atoms with E-state index in [9.17, 15) is 22.4 Å². The molecule has 0 saturated carbocycles. The average molecular weight is 419 g/mol. The van der Waals surface area contributed by atoms with E-state index in [4.69, 9.17) is 4.74 Å². The highest BCUT2D eigenvalue weighted by atomic mass is 32.2. The SMILES string of the molecule is C[C@@H]1CCCCN1S(=O)(=O)c1cccc(C(=O)OCC(=O)c2cccc(F)c2)c1. The molecule has 0 radical (unpaired) electrons. The predicted molar refractivity (Wildman–Crippen MR) is 105 cm³/mol. The van der Waals surface area contributed by atoms with Crippen LogP contribution in [0.1, 0.15) is 46.9 Å².